The van der Waals surface area contributed by atoms with Crippen LogP contribution in [0.4, 0.5) is 5.69 Å². The topological polar surface area (TPSA) is 60.9 Å². The lowest BCUT2D eigenvalue weighted by molar-refractivity contribution is -0.141. The second-order valence-corrected chi connectivity index (χ2v) is 7.74. The van der Waals surface area contributed by atoms with Crippen molar-refractivity contribution < 1.29 is 14.7 Å². The van der Waals surface area contributed by atoms with E-state index in [1.165, 1.54) is 0 Å². The van der Waals surface area contributed by atoms with Gasteiger partial charge in [0.2, 0.25) is 5.91 Å². The average molecular weight is 365 g/mol. The van der Waals surface area contributed by atoms with E-state index in [2.05, 4.69) is 4.90 Å². The summed E-state index contributed by atoms with van der Waals surface area (Å²) in [5.74, 6) is -0.686. The summed E-state index contributed by atoms with van der Waals surface area (Å²) in [7, 11) is 0. The number of halogens is 1. The van der Waals surface area contributed by atoms with Crippen LogP contribution >= 0.6 is 11.6 Å². The number of carbonyl (C=O) groups excluding carboxylic acids is 1. The monoisotopic (exact) mass is 364 g/mol. The molecule has 0 atom stereocenters. The van der Waals surface area contributed by atoms with Crippen LogP contribution in [-0.2, 0) is 9.59 Å². The second kappa shape index (κ2) is 7.65. The molecule has 136 valence electrons. The van der Waals surface area contributed by atoms with Gasteiger partial charge in [-0.2, -0.15) is 0 Å². The highest BCUT2D eigenvalue weighted by Gasteiger charge is 2.39. The first-order valence-electron chi connectivity index (χ1n) is 8.98. The molecule has 1 aliphatic carbocycles. The van der Waals surface area contributed by atoms with Crippen molar-refractivity contribution >= 4 is 29.2 Å². The van der Waals surface area contributed by atoms with E-state index in [0.29, 0.717) is 24.5 Å². The maximum absolute atomic E-state index is 12.7. The highest BCUT2D eigenvalue weighted by molar-refractivity contribution is 6.30. The van der Waals surface area contributed by atoms with Gasteiger partial charge in [-0.1, -0.05) is 30.5 Å². The van der Waals surface area contributed by atoms with Crippen LogP contribution in [0.15, 0.2) is 24.3 Å². The minimum Gasteiger partial charge on any atom is -0.481 e. The van der Waals surface area contributed by atoms with Crippen molar-refractivity contribution in [3.05, 3.63) is 29.3 Å². The number of anilines is 1. The van der Waals surface area contributed by atoms with Crippen LogP contribution in [0.1, 0.15) is 38.5 Å². The summed E-state index contributed by atoms with van der Waals surface area (Å²) in [6, 6.07) is 7.77. The third-order valence-corrected chi connectivity index (χ3v) is 5.76. The van der Waals surface area contributed by atoms with Crippen molar-refractivity contribution in [3.8, 4) is 0 Å². The van der Waals surface area contributed by atoms with Crippen molar-refractivity contribution in [1.82, 2.24) is 4.90 Å². The van der Waals surface area contributed by atoms with Gasteiger partial charge < -0.3 is 14.9 Å². The zero-order chi connectivity index (χ0) is 17.9. The van der Waals surface area contributed by atoms with Crippen molar-refractivity contribution in [2.75, 3.05) is 31.1 Å². The zero-order valence-electron chi connectivity index (χ0n) is 14.4. The van der Waals surface area contributed by atoms with Crippen LogP contribution in [-0.4, -0.2) is 48.1 Å². The smallest absolute Gasteiger partial charge is 0.303 e. The van der Waals surface area contributed by atoms with Gasteiger partial charge in [0.15, 0.2) is 0 Å². The molecule has 0 unspecified atom stereocenters. The van der Waals surface area contributed by atoms with Gasteiger partial charge in [0.1, 0.15) is 0 Å². The number of aliphatic carboxylic acids is 1. The number of hydrogen-bond donors (Lipinski definition) is 1. The first kappa shape index (κ1) is 18.1. The molecule has 25 heavy (non-hydrogen) atoms. The maximum atomic E-state index is 12.7. The SMILES string of the molecule is O=C(O)CC1(CC(=O)N2CCN(c3cccc(Cl)c3)CC2)CCCC1. The van der Waals surface area contributed by atoms with E-state index in [1.807, 2.05) is 29.2 Å². The Labute approximate surface area is 153 Å². The molecular formula is C19H25ClN2O3. The fourth-order valence-corrected chi connectivity index (χ4v) is 4.37. The standard InChI is InChI=1S/C19H25ClN2O3/c20-15-4-3-5-16(12-15)21-8-10-22(11-9-21)17(23)13-19(14-18(24)25)6-1-2-7-19/h3-5,12H,1-2,6-11,13-14H2,(H,24,25). The minimum atomic E-state index is -0.791. The molecule has 0 spiro atoms. The predicted molar refractivity (Wildman–Crippen MR) is 98.0 cm³/mol. The van der Waals surface area contributed by atoms with Crippen LogP contribution in [0.3, 0.4) is 0 Å². The van der Waals surface area contributed by atoms with E-state index in [-0.39, 0.29) is 17.7 Å². The van der Waals surface area contributed by atoms with Crippen molar-refractivity contribution in [2.24, 2.45) is 5.41 Å². The minimum absolute atomic E-state index is 0.105. The highest BCUT2D eigenvalue weighted by atomic mass is 35.5. The number of carbonyl (C=O) groups is 2. The maximum Gasteiger partial charge on any atom is 0.303 e. The van der Waals surface area contributed by atoms with Crippen LogP contribution < -0.4 is 4.90 Å². The Kier molecular flexibility index (Phi) is 5.52. The van der Waals surface area contributed by atoms with Crippen molar-refractivity contribution in [2.45, 2.75) is 38.5 Å². The fraction of sp³-hybridized carbons (Fsp3) is 0.579. The number of rotatable bonds is 5. The Morgan fingerprint density at radius 2 is 1.76 bits per heavy atom. The Balaban J connectivity index is 1.57. The van der Waals surface area contributed by atoms with E-state index in [9.17, 15) is 14.7 Å². The highest BCUT2D eigenvalue weighted by Crippen LogP contribution is 2.44. The molecule has 1 aliphatic heterocycles. The summed E-state index contributed by atoms with van der Waals surface area (Å²) in [4.78, 5) is 28.1. The van der Waals surface area contributed by atoms with Crippen molar-refractivity contribution in [1.29, 1.82) is 0 Å². The molecule has 1 saturated heterocycles. The Morgan fingerprint density at radius 3 is 2.36 bits per heavy atom. The summed E-state index contributed by atoms with van der Waals surface area (Å²) in [6.45, 7) is 2.90. The third-order valence-electron chi connectivity index (χ3n) is 5.52. The molecule has 1 amide bonds. The van der Waals surface area contributed by atoms with E-state index in [4.69, 9.17) is 11.6 Å². The molecule has 1 N–H and O–H groups in total. The first-order valence-corrected chi connectivity index (χ1v) is 9.35. The molecule has 1 heterocycles. The van der Waals surface area contributed by atoms with Gasteiger partial charge in [0, 0.05) is 43.3 Å². The molecule has 0 radical (unpaired) electrons. The summed E-state index contributed by atoms with van der Waals surface area (Å²) >= 11 is 6.06. The van der Waals surface area contributed by atoms with E-state index >= 15 is 0 Å². The summed E-state index contributed by atoms with van der Waals surface area (Å²) in [5.41, 5.74) is 0.755. The molecule has 6 heteroatoms. The van der Waals surface area contributed by atoms with E-state index < -0.39 is 5.97 Å². The summed E-state index contributed by atoms with van der Waals surface area (Å²) < 4.78 is 0. The van der Waals surface area contributed by atoms with Gasteiger partial charge in [0.05, 0.1) is 6.42 Å². The second-order valence-electron chi connectivity index (χ2n) is 7.30. The molecule has 1 saturated carbocycles. The lowest BCUT2D eigenvalue weighted by Crippen LogP contribution is -2.49. The number of benzene rings is 1. The molecular weight excluding hydrogens is 340 g/mol. The lowest BCUT2D eigenvalue weighted by Gasteiger charge is -2.38. The predicted octanol–water partition coefficient (Wildman–Crippen LogP) is 3.41. The van der Waals surface area contributed by atoms with Gasteiger partial charge in [-0.25, -0.2) is 0 Å². The number of nitrogens with zero attached hydrogens (tertiary/aromatic N) is 2. The van der Waals surface area contributed by atoms with Gasteiger partial charge in [0.25, 0.3) is 0 Å². The number of carboxylic acid groups (broad SMARTS) is 1. The number of amides is 1. The fourth-order valence-electron chi connectivity index (χ4n) is 4.18. The van der Waals surface area contributed by atoms with Crippen LogP contribution in [0.25, 0.3) is 0 Å². The molecule has 5 nitrogen and oxygen atoms in total. The van der Waals surface area contributed by atoms with Gasteiger partial charge >= 0.3 is 5.97 Å². The van der Waals surface area contributed by atoms with Crippen LogP contribution in [0.5, 0.6) is 0 Å². The van der Waals surface area contributed by atoms with Crippen LogP contribution in [0.2, 0.25) is 5.02 Å². The summed E-state index contributed by atoms with van der Waals surface area (Å²) in [5, 5.41) is 9.92. The molecule has 0 bridgehead atoms. The Morgan fingerprint density at radius 1 is 1.08 bits per heavy atom. The molecule has 0 aromatic heterocycles. The molecule has 1 aromatic rings. The molecule has 1 aromatic carbocycles. The number of carboxylic acids is 1. The average Bonchev–Trinajstić information content (AvgIpc) is 3.02. The van der Waals surface area contributed by atoms with Crippen LogP contribution in [0, 0.1) is 5.41 Å². The van der Waals surface area contributed by atoms with E-state index in [0.717, 1.165) is 44.5 Å². The Hall–Kier alpha value is -1.75. The number of hydrogen-bond acceptors (Lipinski definition) is 3. The zero-order valence-corrected chi connectivity index (χ0v) is 15.2. The molecule has 2 aliphatic rings. The van der Waals surface area contributed by atoms with Gasteiger partial charge in [-0.15, -0.1) is 0 Å². The van der Waals surface area contributed by atoms with E-state index in [1.54, 1.807) is 0 Å². The normalized spacial score (nSPS) is 19.9. The summed E-state index contributed by atoms with van der Waals surface area (Å²) in [6.07, 6.45) is 4.25. The largest absolute Gasteiger partial charge is 0.481 e. The van der Waals surface area contributed by atoms with Gasteiger partial charge in [-0.3, -0.25) is 9.59 Å². The molecule has 3 rings (SSSR count). The van der Waals surface area contributed by atoms with Crippen molar-refractivity contribution in [3.63, 3.8) is 0 Å². The lowest BCUT2D eigenvalue weighted by atomic mass is 9.79. The number of piperazine rings is 1. The Bertz CT molecular complexity index is 635. The van der Waals surface area contributed by atoms with Gasteiger partial charge in [-0.05, 0) is 36.5 Å². The third kappa shape index (κ3) is 4.46. The first-order chi connectivity index (χ1) is 12.0. The quantitative estimate of drug-likeness (QED) is 0.869. The molecule has 2 fully saturated rings.